The Balaban J connectivity index is 2.07. The Morgan fingerprint density at radius 3 is 1.62 bits per heavy atom. The Morgan fingerprint density at radius 1 is 0.762 bits per heavy atom. The summed E-state index contributed by atoms with van der Waals surface area (Å²) >= 11 is 3.49. The molecule has 0 saturated heterocycles. The standard InChI is InChI=1S/C17H14N2S2/c1-17(2)18-15-11(13-5-3-9-20-13)7-8-12(16(15)19-17)14-6-4-10-21-14/h3-10H,1-2H3. The Hall–Kier alpha value is -1.78. The first-order valence-corrected chi connectivity index (χ1v) is 8.60. The fraction of sp³-hybridized carbons (Fsp3) is 0.176. The summed E-state index contributed by atoms with van der Waals surface area (Å²) in [6, 6.07) is 12.8. The van der Waals surface area contributed by atoms with Gasteiger partial charge in [0.1, 0.15) is 5.66 Å². The van der Waals surface area contributed by atoms with Crippen LogP contribution in [0, 0.1) is 0 Å². The van der Waals surface area contributed by atoms with E-state index in [1.54, 1.807) is 22.7 Å². The van der Waals surface area contributed by atoms with Crippen LogP contribution in [0.15, 0.2) is 57.1 Å². The lowest BCUT2D eigenvalue weighted by Gasteiger charge is -2.07. The van der Waals surface area contributed by atoms with Crippen LogP contribution in [0.2, 0.25) is 0 Å². The van der Waals surface area contributed by atoms with Gasteiger partial charge >= 0.3 is 0 Å². The minimum Gasteiger partial charge on any atom is -0.253 e. The van der Waals surface area contributed by atoms with Crippen molar-refractivity contribution < 1.29 is 0 Å². The van der Waals surface area contributed by atoms with E-state index < -0.39 is 0 Å². The first kappa shape index (κ1) is 12.9. The Kier molecular flexibility index (Phi) is 2.84. The molecule has 0 bridgehead atoms. The largest absolute Gasteiger partial charge is 0.253 e. The van der Waals surface area contributed by atoms with Gasteiger partial charge in [-0.25, -0.2) is 0 Å². The van der Waals surface area contributed by atoms with E-state index in [1.807, 2.05) is 0 Å². The normalized spacial score (nSPS) is 15.3. The van der Waals surface area contributed by atoms with E-state index in [9.17, 15) is 0 Å². The number of rotatable bonds is 2. The van der Waals surface area contributed by atoms with E-state index in [4.69, 9.17) is 9.98 Å². The van der Waals surface area contributed by atoms with Crippen molar-refractivity contribution in [2.75, 3.05) is 0 Å². The maximum atomic E-state index is 4.86. The molecule has 2 aromatic heterocycles. The fourth-order valence-corrected chi connectivity index (χ4v) is 4.14. The Labute approximate surface area is 131 Å². The van der Waals surface area contributed by atoms with Crippen LogP contribution in [0.25, 0.3) is 20.9 Å². The van der Waals surface area contributed by atoms with Crippen LogP contribution < -0.4 is 10.7 Å². The van der Waals surface area contributed by atoms with Gasteiger partial charge in [0.15, 0.2) is 0 Å². The van der Waals surface area contributed by atoms with Gasteiger partial charge in [0.2, 0.25) is 0 Å². The summed E-state index contributed by atoms with van der Waals surface area (Å²) in [4.78, 5) is 12.2. The van der Waals surface area contributed by atoms with Gasteiger partial charge in [-0.2, -0.15) is 0 Å². The summed E-state index contributed by atoms with van der Waals surface area (Å²) in [5.41, 5.74) is 2.01. The molecule has 1 aliphatic heterocycles. The molecular formula is C17H14N2S2. The van der Waals surface area contributed by atoms with Gasteiger partial charge in [-0.1, -0.05) is 24.3 Å². The quantitative estimate of drug-likeness (QED) is 0.680. The zero-order valence-corrected chi connectivity index (χ0v) is 13.5. The van der Waals surface area contributed by atoms with Crippen molar-refractivity contribution in [2.45, 2.75) is 19.5 Å². The zero-order chi connectivity index (χ0) is 14.4. The molecule has 21 heavy (non-hydrogen) atoms. The molecule has 0 N–H and O–H groups in total. The maximum absolute atomic E-state index is 4.86. The van der Waals surface area contributed by atoms with Gasteiger partial charge in [0, 0.05) is 20.9 Å². The molecule has 1 aromatic carbocycles. The Morgan fingerprint density at radius 2 is 1.24 bits per heavy atom. The SMILES string of the molecule is CC1(C)N=c2c(-c3cccs3)ccc(-c3cccs3)c2=N1. The van der Waals surface area contributed by atoms with Crippen LogP contribution in [0.3, 0.4) is 0 Å². The number of fused-ring (bicyclic) bond motifs is 1. The monoisotopic (exact) mass is 310 g/mol. The van der Waals surface area contributed by atoms with Gasteiger partial charge in [-0.3, -0.25) is 9.98 Å². The third-order valence-electron chi connectivity index (χ3n) is 3.50. The van der Waals surface area contributed by atoms with Crippen molar-refractivity contribution in [2.24, 2.45) is 9.98 Å². The highest BCUT2D eigenvalue weighted by Gasteiger charge is 2.22. The number of hydrogen-bond acceptors (Lipinski definition) is 4. The van der Waals surface area contributed by atoms with E-state index in [1.165, 1.54) is 20.9 Å². The number of nitrogens with zero attached hydrogens (tertiary/aromatic N) is 2. The van der Waals surface area contributed by atoms with Gasteiger partial charge in [-0.05, 0) is 36.7 Å². The highest BCUT2D eigenvalue weighted by atomic mass is 32.1. The summed E-state index contributed by atoms with van der Waals surface area (Å²) in [5.74, 6) is 0. The molecule has 0 atom stereocenters. The molecule has 0 radical (unpaired) electrons. The summed E-state index contributed by atoms with van der Waals surface area (Å²) in [6.07, 6.45) is 0. The second kappa shape index (κ2) is 4.61. The smallest absolute Gasteiger partial charge is 0.146 e. The minimum atomic E-state index is -0.373. The van der Waals surface area contributed by atoms with Crippen molar-refractivity contribution in [1.29, 1.82) is 0 Å². The molecular weight excluding hydrogens is 296 g/mol. The second-order valence-corrected chi connectivity index (χ2v) is 7.43. The molecule has 0 unspecified atom stereocenters. The van der Waals surface area contributed by atoms with Crippen LogP contribution in [0.4, 0.5) is 0 Å². The van der Waals surface area contributed by atoms with Crippen molar-refractivity contribution in [3.63, 3.8) is 0 Å². The number of hydrogen-bond donors (Lipinski definition) is 0. The maximum Gasteiger partial charge on any atom is 0.146 e. The number of benzene rings is 1. The molecule has 1 aliphatic rings. The van der Waals surface area contributed by atoms with Crippen LogP contribution in [-0.4, -0.2) is 5.66 Å². The summed E-state index contributed by atoms with van der Waals surface area (Å²) in [5, 5.41) is 6.28. The van der Waals surface area contributed by atoms with E-state index in [0.717, 1.165) is 10.7 Å². The first-order chi connectivity index (χ1) is 10.1. The van der Waals surface area contributed by atoms with Crippen LogP contribution in [0.1, 0.15) is 13.8 Å². The molecule has 4 heteroatoms. The third-order valence-corrected chi connectivity index (χ3v) is 5.30. The van der Waals surface area contributed by atoms with Crippen molar-refractivity contribution >= 4 is 22.7 Å². The summed E-state index contributed by atoms with van der Waals surface area (Å²) in [7, 11) is 0. The van der Waals surface area contributed by atoms with Gasteiger partial charge in [0.25, 0.3) is 0 Å². The van der Waals surface area contributed by atoms with Crippen LogP contribution in [-0.2, 0) is 0 Å². The van der Waals surface area contributed by atoms with Gasteiger partial charge in [-0.15, -0.1) is 22.7 Å². The van der Waals surface area contributed by atoms with Crippen LogP contribution in [0.5, 0.6) is 0 Å². The summed E-state index contributed by atoms with van der Waals surface area (Å²) < 4.78 is 0. The van der Waals surface area contributed by atoms with E-state index in [2.05, 4.69) is 61.0 Å². The molecule has 0 saturated carbocycles. The topological polar surface area (TPSA) is 24.7 Å². The molecule has 0 spiro atoms. The third kappa shape index (κ3) is 2.15. The predicted molar refractivity (Wildman–Crippen MR) is 89.5 cm³/mol. The van der Waals surface area contributed by atoms with Gasteiger partial charge < -0.3 is 0 Å². The fourth-order valence-electron chi connectivity index (χ4n) is 2.64. The molecule has 4 rings (SSSR count). The lowest BCUT2D eigenvalue weighted by atomic mass is 10.1. The molecule has 0 fully saturated rings. The first-order valence-electron chi connectivity index (χ1n) is 6.85. The molecule has 0 aliphatic carbocycles. The molecule has 0 amide bonds. The van der Waals surface area contributed by atoms with Crippen molar-refractivity contribution in [3.8, 4) is 20.9 Å². The van der Waals surface area contributed by atoms with E-state index >= 15 is 0 Å². The average Bonchev–Trinajstić information content (AvgIpc) is 3.16. The van der Waals surface area contributed by atoms with Gasteiger partial charge in [0.05, 0.1) is 10.7 Å². The highest BCUT2D eigenvalue weighted by molar-refractivity contribution is 7.13. The average molecular weight is 310 g/mol. The molecule has 3 aromatic rings. The van der Waals surface area contributed by atoms with Crippen molar-refractivity contribution in [3.05, 3.63) is 57.9 Å². The van der Waals surface area contributed by atoms with E-state index in [0.29, 0.717) is 0 Å². The van der Waals surface area contributed by atoms with E-state index in [-0.39, 0.29) is 5.66 Å². The zero-order valence-electron chi connectivity index (χ0n) is 11.8. The summed E-state index contributed by atoms with van der Waals surface area (Å²) in [6.45, 7) is 4.12. The Bertz CT molecular complexity index is 829. The minimum absolute atomic E-state index is 0.373. The number of thiophene rings is 2. The lowest BCUT2D eigenvalue weighted by Crippen LogP contribution is -2.25. The van der Waals surface area contributed by atoms with Crippen LogP contribution >= 0.6 is 22.7 Å². The molecule has 104 valence electrons. The van der Waals surface area contributed by atoms with Crippen molar-refractivity contribution in [1.82, 2.24) is 0 Å². The molecule has 3 heterocycles. The molecule has 2 nitrogen and oxygen atoms in total. The lowest BCUT2D eigenvalue weighted by molar-refractivity contribution is 0.549. The predicted octanol–water partition coefficient (Wildman–Crippen LogP) is 4.13. The second-order valence-electron chi connectivity index (χ2n) is 5.53. The highest BCUT2D eigenvalue weighted by Crippen LogP contribution is 2.27.